The maximum absolute atomic E-state index is 11.9. The van der Waals surface area contributed by atoms with Gasteiger partial charge in [0.2, 0.25) is 0 Å². The molecule has 0 spiro atoms. The highest BCUT2D eigenvalue weighted by Crippen LogP contribution is 2.13. The van der Waals surface area contributed by atoms with Crippen molar-refractivity contribution >= 4 is 5.97 Å². The molecule has 0 heterocycles. The zero-order valence-electron chi connectivity index (χ0n) is 12.7. The molecule has 2 N–H and O–H groups in total. The van der Waals surface area contributed by atoms with Crippen LogP contribution >= 0.6 is 0 Å². The number of esters is 1. The molecule has 0 radical (unpaired) electrons. The van der Waals surface area contributed by atoms with E-state index in [-0.39, 0.29) is 5.97 Å². The molecule has 2 atom stereocenters. The molecule has 0 aromatic heterocycles. The summed E-state index contributed by atoms with van der Waals surface area (Å²) in [6.07, 6.45) is 5.06. The quantitative estimate of drug-likeness (QED) is 0.704. The summed E-state index contributed by atoms with van der Waals surface area (Å²) in [6.45, 7) is 4.81. The Hall–Kier alpha value is -1.35. The third-order valence-electron chi connectivity index (χ3n) is 3.61. The Labute approximate surface area is 122 Å². The second kappa shape index (κ2) is 9.54. The number of benzene rings is 1. The number of unbranched alkanes of at least 4 members (excludes halogenated alkanes) is 1. The van der Waals surface area contributed by atoms with Crippen LogP contribution in [0.2, 0.25) is 0 Å². The Morgan fingerprint density at radius 2 is 1.95 bits per heavy atom. The van der Waals surface area contributed by atoms with E-state index in [1.165, 1.54) is 12.8 Å². The Morgan fingerprint density at radius 3 is 2.55 bits per heavy atom. The first-order chi connectivity index (χ1) is 9.67. The van der Waals surface area contributed by atoms with Crippen LogP contribution in [0.4, 0.5) is 0 Å². The summed E-state index contributed by atoms with van der Waals surface area (Å²) in [5.74, 6) is 0.173. The molecule has 1 aromatic rings. The van der Waals surface area contributed by atoms with Crippen LogP contribution in [-0.4, -0.2) is 18.6 Å². The molecule has 3 nitrogen and oxygen atoms in total. The van der Waals surface area contributed by atoms with E-state index in [2.05, 4.69) is 13.8 Å². The Morgan fingerprint density at radius 1 is 1.25 bits per heavy atom. The molecule has 0 fully saturated rings. The van der Waals surface area contributed by atoms with Gasteiger partial charge in [0.15, 0.2) is 0 Å². The highest BCUT2D eigenvalue weighted by atomic mass is 16.5. The van der Waals surface area contributed by atoms with Gasteiger partial charge in [0.05, 0.1) is 6.61 Å². The predicted molar refractivity (Wildman–Crippen MR) is 82.4 cm³/mol. The maximum atomic E-state index is 11.9. The number of nitrogens with two attached hydrogens (primary N) is 1. The van der Waals surface area contributed by atoms with Gasteiger partial charge in [-0.15, -0.1) is 0 Å². The topological polar surface area (TPSA) is 52.3 Å². The van der Waals surface area contributed by atoms with E-state index in [0.717, 1.165) is 18.4 Å². The van der Waals surface area contributed by atoms with Gasteiger partial charge in [-0.2, -0.15) is 0 Å². The van der Waals surface area contributed by atoms with E-state index < -0.39 is 6.04 Å². The van der Waals surface area contributed by atoms with Crippen molar-refractivity contribution < 1.29 is 9.53 Å². The van der Waals surface area contributed by atoms with Crippen molar-refractivity contribution in [3.8, 4) is 0 Å². The van der Waals surface area contributed by atoms with Crippen molar-refractivity contribution in [3.05, 3.63) is 35.9 Å². The lowest BCUT2D eigenvalue weighted by Crippen LogP contribution is -2.35. The van der Waals surface area contributed by atoms with Crippen molar-refractivity contribution in [2.24, 2.45) is 11.7 Å². The normalized spacial score (nSPS) is 13.8. The fourth-order valence-corrected chi connectivity index (χ4v) is 2.16. The number of hydrogen-bond donors (Lipinski definition) is 1. The molecule has 2 unspecified atom stereocenters. The molecule has 0 saturated heterocycles. The van der Waals surface area contributed by atoms with E-state index in [1.54, 1.807) is 0 Å². The van der Waals surface area contributed by atoms with Crippen LogP contribution in [0.5, 0.6) is 0 Å². The van der Waals surface area contributed by atoms with E-state index in [0.29, 0.717) is 18.9 Å². The molecule has 0 aliphatic rings. The van der Waals surface area contributed by atoms with E-state index in [4.69, 9.17) is 10.5 Å². The molecular weight excluding hydrogens is 250 g/mol. The first-order valence-corrected chi connectivity index (χ1v) is 7.63. The van der Waals surface area contributed by atoms with Crippen molar-refractivity contribution in [1.29, 1.82) is 0 Å². The molecule has 3 heteroatoms. The standard InChI is InChI=1S/C17H27NO2/c1-3-5-9-14(4-2)13-20-17(19)16(18)12-15-10-7-6-8-11-15/h6-8,10-11,14,16H,3-5,9,12-13,18H2,1-2H3. The highest BCUT2D eigenvalue weighted by Gasteiger charge is 2.17. The molecule has 0 aliphatic heterocycles. The average Bonchev–Trinajstić information content (AvgIpc) is 2.48. The monoisotopic (exact) mass is 277 g/mol. The van der Waals surface area contributed by atoms with Crippen molar-refractivity contribution in [3.63, 3.8) is 0 Å². The van der Waals surface area contributed by atoms with Gasteiger partial charge < -0.3 is 10.5 Å². The first kappa shape index (κ1) is 16.7. The maximum Gasteiger partial charge on any atom is 0.323 e. The van der Waals surface area contributed by atoms with Crippen LogP contribution in [0, 0.1) is 5.92 Å². The van der Waals surface area contributed by atoms with Gasteiger partial charge in [-0.1, -0.05) is 63.4 Å². The largest absolute Gasteiger partial charge is 0.464 e. The summed E-state index contributed by atoms with van der Waals surface area (Å²) >= 11 is 0. The van der Waals surface area contributed by atoms with Gasteiger partial charge in [-0.3, -0.25) is 4.79 Å². The van der Waals surface area contributed by atoms with Crippen molar-refractivity contribution in [2.75, 3.05) is 6.61 Å². The SMILES string of the molecule is CCCCC(CC)COC(=O)C(N)Cc1ccccc1. The zero-order valence-corrected chi connectivity index (χ0v) is 12.7. The molecule has 1 rings (SSSR count). The zero-order chi connectivity index (χ0) is 14.8. The smallest absolute Gasteiger partial charge is 0.323 e. The van der Waals surface area contributed by atoms with Gasteiger partial charge in [0, 0.05) is 0 Å². The van der Waals surface area contributed by atoms with Crippen LogP contribution in [0.25, 0.3) is 0 Å². The molecule has 1 aromatic carbocycles. The molecule has 112 valence electrons. The van der Waals surface area contributed by atoms with Crippen molar-refractivity contribution in [2.45, 2.75) is 52.0 Å². The Bertz CT molecular complexity index is 378. The minimum Gasteiger partial charge on any atom is -0.464 e. The average molecular weight is 277 g/mol. The lowest BCUT2D eigenvalue weighted by molar-refractivity contribution is -0.146. The minimum atomic E-state index is -0.568. The number of rotatable bonds is 9. The molecule has 0 saturated carbocycles. The van der Waals surface area contributed by atoms with Gasteiger partial charge in [-0.25, -0.2) is 0 Å². The number of ether oxygens (including phenoxy) is 1. The molecular formula is C17H27NO2. The van der Waals surface area contributed by atoms with Crippen LogP contribution in [0.1, 0.15) is 45.1 Å². The van der Waals surface area contributed by atoms with Gasteiger partial charge in [-0.05, 0) is 24.3 Å². The summed E-state index contributed by atoms with van der Waals surface area (Å²) in [4.78, 5) is 11.9. The molecule has 0 aliphatic carbocycles. The van der Waals surface area contributed by atoms with Crippen LogP contribution in [-0.2, 0) is 16.0 Å². The second-order valence-electron chi connectivity index (χ2n) is 5.34. The second-order valence-corrected chi connectivity index (χ2v) is 5.34. The Balaban J connectivity index is 2.34. The summed E-state index contributed by atoms with van der Waals surface area (Å²) in [5.41, 5.74) is 6.97. The summed E-state index contributed by atoms with van der Waals surface area (Å²) < 4.78 is 5.36. The summed E-state index contributed by atoms with van der Waals surface area (Å²) in [6, 6.07) is 9.23. The van der Waals surface area contributed by atoms with Gasteiger partial charge >= 0.3 is 5.97 Å². The Kier molecular flexibility index (Phi) is 7.97. The van der Waals surface area contributed by atoms with Crippen LogP contribution in [0.15, 0.2) is 30.3 Å². The summed E-state index contributed by atoms with van der Waals surface area (Å²) in [7, 11) is 0. The van der Waals surface area contributed by atoms with Gasteiger partial charge in [0.1, 0.15) is 6.04 Å². The fraction of sp³-hybridized carbons (Fsp3) is 0.588. The van der Waals surface area contributed by atoms with Crippen LogP contribution < -0.4 is 5.73 Å². The highest BCUT2D eigenvalue weighted by molar-refractivity contribution is 5.75. The predicted octanol–water partition coefficient (Wildman–Crippen LogP) is 3.32. The number of carbonyl (C=O) groups is 1. The third-order valence-corrected chi connectivity index (χ3v) is 3.61. The lowest BCUT2D eigenvalue weighted by atomic mass is 10.0. The third kappa shape index (κ3) is 6.20. The lowest BCUT2D eigenvalue weighted by Gasteiger charge is -2.17. The van der Waals surface area contributed by atoms with Gasteiger partial charge in [0.25, 0.3) is 0 Å². The van der Waals surface area contributed by atoms with Crippen molar-refractivity contribution in [1.82, 2.24) is 0 Å². The molecule has 0 amide bonds. The minimum absolute atomic E-state index is 0.288. The first-order valence-electron chi connectivity index (χ1n) is 7.63. The summed E-state index contributed by atoms with van der Waals surface area (Å²) in [5, 5.41) is 0. The van der Waals surface area contributed by atoms with E-state index in [9.17, 15) is 4.79 Å². The van der Waals surface area contributed by atoms with Crippen LogP contribution in [0.3, 0.4) is 0 Å². The number of hydrogen-bond acceptors (Lipinski definition) is 3. The molecule has 20 heavy (non-hydrogen) atoms. The molecule has 0 bridgehead atoms. The van der Waals surface area contributed by atoms with E-state index in [1.807, 2.05) is 30.3 Å². The van der Waals surface area contributed by atoms with E-state index >= 15 is 0 Å². The fourth-order valence-electron chi connectivity index (χ4n) is 2.16. The number of carbonyl (C=O) groups excluding carboxylic acids is 1.